The Bertz CT molecular complexity index is 351. The Morgan fingerprint density at radius 2 is 2.31 bits per heavy atom. The van der Waals surface area contributed by atoms with Crippen LogP contribution in [-0.4, -0.2) is 13.6 Å². The summed E-state index contributed by atoms with van der Waals surface area (Å²) in [6.07, 6.45) is 2.53. The third-order valence-electron chi connectivity index (χ3n) is 2.72. The summed E-state index contributed by atoms with van der Waals surface area (Å²) in [7, 11) is 2.14. The Hall–Kier alpha value is -0.830. The molecule has 0 radical (unpaired) electrons. The number of para-hydroxylation sites is 1. The van der Waals surface area contributed by atoms with E-state index in [4.69, 9.17) is 0 Å². The molecule has 0 unspecified atom stereocenters. The first-order valence-electron chi connectivity index (χ1n) is 4.67. The molecular weight excluding hydrogens is 180 g/mol. The summed E-state index contributed by atoms with van der Waals surface area (Å²) in [5, 5.41) is 0. The van der Waals surface area contributed by atoms with Gasteiger partial charge in [-0.25, -0.2) is 0 Å². The standard InChI is InChI=1S/C10H12N2S/c1-11-9-6-2-4-8-5-3-7-12(13-11)10(8)9/h2,4,6H,3,5,7H2,1H3. The molecule has 2 nitrogen and oxygen atoms in total. The summed E-state index contributed by atoms with van der Waals surface area (Å²) in [5.41, 5.74) is 4.35. The van der Waals surface area contributed by atoms with Gasteiger partial charge in [-0.15, -0.1) is 0 Å². The summed E-state index contributed by atoms with van der Waals surface area (Å²) in [5.74, 6) is 0. The van der Waals surface area contributed by atoms with Crippen LogP contribution in [0.15, 0.2) is 18.2 Å². The molecule has 0 atom stereocenters. The van der Waals surface area contributed by atoms with Gasteiger partial charge in [0.25, 0.3) is 0 Å². The molecule has 0 saturated carbocycles. The lowest BCUT2D eigenvalue weighted by Crippen LogP contribution is -2.20. The molecule has 3 heteroatoms. The maximum Gasteiger partial charge on any atom is 0.0760 e. The molecule has 1 aromatic rings. The van der Waals surface area contributed by atoms with Gasteiger partial charge < -0.3 is 0 Å². The van der Waals surface area contributed by atoms with E-state index in [2.05, 4.69) is 33.9 Å². The average molecular weight is 192 g/mol. The number of hydrogen-bond acceptors (Lipinski definition) is 3. The SMILES string of the molecule is CN1SN2CCCc3cccc1c32. The molecule has 68 valence electrons. The molecule has 0 aliphatic carbocycles. The fraction of sp³-hybridized carbons (Fsp3) is 0.400. The van der Waals surface area contributed by atoms with E-state index in [9.17, 15) is 0 Å². The summed E-state index contributed by atoms with van der Waals surface area (Å²) in [6.45, 7) is 1.19. The monoisotopic (exact) mass is 192 g/mol. The third-order valence-corrected chi connectivity index (χ3v) is 3.72. The number of rotatable bonds is 0. The molecule has 0 N–H and O–H groups in total. The van der Waals surface area contributed by atoms with Gasteiger partial charge in [0.1, 0.15) is 0 Å². The second-order valence-electron chi connectivity index (χ2n) is 3.57. The zero-order valence-corrected chi connectivity index (χ0v) is 8.47. The topological polar surface area (TPSA) is 6.48 Å². The predicted molar refractivity (Wildman–Crippen MR) is 58.1 cm³/mol. The van der Waals surface area contributed by atoms with Gasteiger partial charge in [-0.05, 0) is 24.5 Å². The van der Waals surface area contributed by atoms with Crippen molar-refractivity contribution in [2.75, 3.05) is 22.2 Å². The van der Waals surface area contributed by atoms with Crippen molar-refractivity contribution >= 4 is 23.5 Å². The molecule has 0 fully saturated rings. The Kier molecular flexibility index (Phi) is 1.50. The normalized spacial score (nSPS) is 19.2. The summed E-state index contributed by atoms with van der Waals surface area (Å²) < 4.78 is 4.66. The first-order valence-corrected chi connectivity index (χ1v) is 5.40. The average Bonchev–Trinajstić information content (AvgIpc) is 2.47. The molecule has 3 rings (SSSR count). The minimum Gasteiger partial charge on any atom is -0.300 e. The molecule has 2 aliphatic rings. The lowest BCUT2D eigenvalue weighted by Gasteiger charge is -2.23. The Morgan fingerprint density at radius 3 is 3.23 bits per heavy atom. The highest BCUT2D eigenvalue weighted by Gasteiger charge is 2.29. The van der Waals surface area contributed by atoms with E-state index in [1.54, 1.807) is 0 Å². The highest BCUT2D eigenvalue weighted by atomic mass is 32.2. The molecule has 0 amide bonds. The van der Waals surface area contributed by atoms with E-state index in [-0.39, 0.29) is 0 Å². The van der Waals surface area contributed by atoms with Crippen LogP contribution in [0.4, 0.5) is 11.4 Å². The van der Waals surface area contributed by atoms with Crippen molar-refractivity contribution < 1.29 is 0 Å². The zero-order valence-electron chi connectivity index (χ0n) is 7.66. The molecule has 13 heavy (non-hydrogen) atoms. The molecule has 2 aliphatic heterocycles. The van der Waals surface area contributed by atoms with Crippen LogP contribution < -0.4 is 8.61 Å². The molecule has 2 heterocycles. The van der Waals surface area contributed by atoms with E-state index in [0.717, 1.165) is 0 Å². The number of hydrogen-bond donors (Lipinski definition) is 0. The maximum atomic E-state index is 2.41. The van der Waals surface area contributed by atoms with E-state index in [0.29, 0.717) is 0 Å². The smallest absolute Gasteiger partial charge is 0.0760 e. The summed E-state index contributed by atoms with van der Waals surface area (Å²) >= 11 is 1.83. The van der Waals surface area contributed by atoms with Crippen molar-refractivity contribution in [3.63, 3.8) is 0 Å². The van der Waals surface area contributed by atoms with Crippen LogP contribution in [0.25, 0.3) is 0 Å². The van der Waals surface area contributed by atoms with Gasteiger partial charge in [0, 0.05) is 13.6 Å². The highest BCUT2D eigenvalue weighted by Crippen LogP contribution is 2.47. The first-order chi connectivity index (χ1) is 6.36. The molecule has 1 aromatic carbocycles. The largest absolute Gasteiger partial charge is 0.300 e. The van der Waals surface area contributed by atoms with Gasteiger partial charge >= 0.3 is 0 Å². The predicted octanol–water partition coefficient (Wildman–Crippen LogP) is 2.45. The van der Waals surface area contributed by atoms with Gasteiger partial charge in [0.2, 0.25) is 0 Å². The molecule has 0 aromatic heterocycles. The highest BCUT2D eigenvalue weighted by molar-refractivity contribution is 8.02. The molecular formula is C10H12N2S. The summed E-state index contributed by atoms with van der Waals surface area (Å²) in [4.78, 5) is 0. The summed E-state index contributed by atoms with van der Waals surface area (Å²) in [6, 6.07) is 6.63. The second kappa shape index (κ2) is 2.58. The quantitative estimate of drug-likeness (QED) is 0.583. The van der Waals surface area contributed by atoms with E-state index >= 15 is 0 Å². The lowest BCUT2D eigenvalue weighted by molar-refractivity contribution is 0.800. The van der Waals surface area contributed by atoms with Crippen molar-refractivity contribution in [1.29, 1.82) is 0 Å². The number of benzene rings is 1. The molecule has 0 saturated heterocycles. The van der Waals surface area contributed by atoms with Crippen LogP contribution in [0.5, 0.6) is 0 Å². The minimum absolute atomic E-state index is 1.19. The third kappa shape index (κ3) is 0.967. The van der Waals surface area contributed by atoms with Gasteiger partial charge in [-0.2, -0.15) is 0 Å². The number of anilines is 2. The fourth-order valence-electron chi connectivity index (χ4n) is 2.12. The van der Waals surface area contributed by atoms with Crippen LogP contribution in [0.2, 0.25) is 0 Å². The Morgan fingerprint density at radius 1 is 1.38 bits per heavy atom. The van der Waals surface area contributed by atoms with Gasteiger partial charge in [0.15, 0.2) is 0 Å². The van der Waals surface area contributed by atoms with Crippen LogP contribution in [0.3, 0.4) is 0 Å². The minimum atomic E-state index is 1.19. The first kappa shape index (κ1) is 7.56. The second-order valence-corrected chi connectivity index (χ2v) is 4.72. The lowest BCUT2D eigenvalue weighted by atomic mass is 10.0. The van der Waals surface area contributed by atoms with Crippen LogP contribution in [0.1, 0.15) is 12.0 Å². The van der Waals surface area contributed by atoms with Gasteiger partial charge in [-0.3, -0.25) is 8.61 Å². The zero-order chi connectivity index (χ0) is 8.84. The van der Waals surface area contributed by atoms with Crippen molar-refractivity contribution in [1.82, 2.24) is 0 Å². The molecule has 0 spiro atoms. The Balaban J connectivity index is 2.22. The van der Waals surface area contributed by atoms with Crippen LogP contribution >= 0.6 is 12.1 Å². The van der Waals surface area contributed by atoms with E-state index in [1.165, 1.54) is 36.3 Å². The Labute approximate surface area is 82.8 Å². The number of aryl methyl sites for hydroxylation is 1. The maximum absolute atomic E-state index is 2.41. The van der Waals surface area contributed by atoms with E-state index in [1.807, 2.05) is 12.1 Å². The van der Waals surface area contributed by atoms with Crippen molar-refractivity contribution in [3.05, 3.63) is 23.8 Å². The van der Waals surface area contributed by atoms with Crippen molar-refractivity contribution in [2.24, 2.45) is 0 Å². The van der Waals surface area contributed by atoms with Crippen LogP contribution in [-0.2, 0) is 6.42 Å². The van der Waals surface area contributed by atoms with Gasteiger partial charge in [0.05, 0.1) is 23.5 Å². The van der Waals surface area contributed by atoms with E-state index < -0.39 is 0 Å². The fourth-order valence-corrected chi connectivity index (χ4v) is 3.15. The molecule has 0 bridgehead atoms. The van der Waals surface area contributed by atoms with Crippen LogP contribution in [0, 0.1) is 0 Å². The van der Waals surface area contributed by atoms with Crippen molar-refractivity contribution in [3.8, 4) is 0 Å². The number of nitrogens with zero attached hydrogens (tertiary/aromatic N) is 2. The van der Waals surface area contributed by atoms with Gasteiger partial charge in [-0.1, -0.05) is 12.1 Å². The van der Waals surface area contributed by atoms with Crippen molar-refractivity contribution in [2.45, 2.75) is 12.8 Å².